The van der Waals surface area contributed by atoms with Crippen LogP contribution in [0.4, 0.5) is 0 Å². The molecular formula is C17H22N2O. The van der Waals surface area contributed by atoms with E-state index in [2.05, 4.69) is 34.6 Å². The lowest BCUT2D eigenvalue weighted by Gasteiger charge is -2.20. The van der Waals surface area contributed by atoms with Crippen molar-refractivity contribution in [2.24, 2.45) is 0 Å². The lowest BCUT2D eigenvalue weighted by molar-refractivity contribution is 0.181. The number of aliphatic hydroxyl groups excluding tert-OH is 1. The highest BCUT2D eigenvalue weighted by Crippen LogP contribution is 2.21. The molecule has 2 rings (SSSR count). The first-order valence-corrected chi connectivity index (χ1v) is 7.13. The minimum Gasteiger partial charge on any atom is -0.393 e. The monoisotopic (exact) mass is 270 g/mol. The zero-order valence-corrected chi connectivity index (χ0v) is 11.9. The van der Waals surface area contributed by atoms with E-state index in [0.717, 1.165) is 19.4 Å². The molecule has 2 N–H and O–H groups in total. The smallest absolute Gasteiger partial charge is 0.0577 e. The summed E-state index contributed by atoms with van der Waals surface area (Å²) in [6.45, 7) is 2.71. The fraction of sp³-hybridized carbons (Fsp3) is 0.353. The van der Waals surface area contributed by atoms with E-state index < -0.39 is 0 Å². The maximum absolute atomic E-state index is 9.32. The minimum absolute atomic E-state index is 0.174. The molecule has 0 saturated carbocycles. The van der Waals surface area contributed by atoms with Crippen molar-refractivity contribution in [3.05, 3.63) is 66.0 Å². The summed E-state index contributed by atoms with van der Waals surface area (Å²) in [4.78, 5) is 4.08. The largest absolute Gasteiger partial charge is 0.393 e. The van der Waals surface area contributed by atoms with Crippen LogP contribution in [-0.4, -0.2) is 22.7 Å². The number of rotatable bonds is 7. The number of nitrogens with zero attached hydrogens (tertiary/aromatic N) is 1. The summed E-state index contributed by atoms with van der Waals surface area (Å²) in [5, 5.41) is 12.9. The second-order valence-corrected chi connectivity index (χ2v) is 5.07. The van der Waals surface area contributed by atoms with E-state index in [1.807, 2.05) is 37.5 Å². The topological polar surface area (TPSA) is 45.1 Å². The van der Waals surface area contributed by atoms with Crippen molar-refractivity contribution in [2.45, 2.75) is 31.9 Å². The van der Waals surface area contributed by atoms with Crippen molar-refractivity contribution in [3.63, 3.8) is 0 Å². The van der Waals surface area contributed by atoms with E-state index in [1.54, 1.807) is 0 Å². The Hall–Kier alpha value is -1.71. The molecule has 3 heteroatoms. The van der Waals surface area contributed by atoms with Gasteiger partial charge >= 0.3 is 0 Å². The van der Waals surface area contributed by atoms with Gasteiger partial charge in [0.05, 0.1) is 12.1 Å². The van der Waals surface area contributed by atoms with Crippen LogP contribution in [0.25, 0.3) is 0 Å². The summed E-state index contributed by atoms with van der Waals surface area (Å²) in [7, 11) is 0. The maximum Gasteiger partial charge on any atom is 0.0577 e. The van der Waals surface area contributed by atoms with Crippen LogP contribution in [0.3, 0.4) is 0 Å². The van der Waals surface area contributed by atoms with E-state index in [1.165, 1.54) is 11.1 Å². The predicted molar refractivity (Wildman–Crippen MR) is 81.4 cm³/mol. The maximum atomic E-state index is 9.32. The summed E-state index contributed by atoms with van der Waals surface area (Å²) in [6, 6.07) is 14.7. The normalized spacial score (nSPS) is 13.9. The Morgan fingerprint density at radius 2 is 1.70 bits per heavy atom. The number of aliphatic hydroxyl groups is 1. The van der Waals surface area contributed by atoms with Crippen LogP contribution >= 0.6 is 0 Å². The molecule has 0 saturated heterocycles. The molecule has 0 aliphatic rings. The van der Waals surface area contributed by atoms with Crippen LogP contribution in [0.1, 0.15) is 36.9 Å². The Morgan fingerprint density at radius 3 is 2.35 bits per heavy atom. The standard InChI is InChI=1S/C17H22N2O/c1-14(20)6-5-11-19-17(15-7-3-2-4-8-15)16-9-12-18-13-10-16/h2-4,7-10,12-14,17,19-20H,5-6,11H2,1H3. The first-order valence-electron chi connectivity index (χ1n) is 7.13. The first kappa shape index (κ1) is 14.7. The molecule has 3 nitrogen and oxygen atoms in total. The molecule has 0 bridgehead atoms. The van der Waals surface area contributed by atoms with Gasteiger partial charge in [-0.1, -0.05) is 30.3 Å². The summed E-state index contributed by atoms with van der Waals surface area (Å²) in [6.07, 6.45) is 5.20. The fourth-order valence-electron chi connectivity index (χ4n) is 2.27. The lowest BCUT2D eigenvalue weighted by atomic mass is 9.99. The summed E-state index contributed by atoms with van der Waals surface area (Å²) in [5.74, 6) is 0. The van der Waals surface area contributed by atoms with Gasteiger partial charge in [-0.15, -0.1) is 0 Å². The van der Waals surface area contributed by atoms with E-state index in [0.29, 0.717) is 0 Å². The molecule has 106 valence electrons. The van der Waals surface area contributed by atoms with Gasteiger partial charge in [0.2, 0.25) is 0 Å². The van der Waals surface area contributed by atoms with Crippen molar-refractivity contribution < 1.29 is 5.11 Å². The third-order valence-electron chi connectivity index (χ3n) is 3.32. The molecule has 1 aromatic carbocycles. The molecule has 0 amide bonds. The van der Waals surface area contributed by atoms with Gasteiger partial charge in [-0.05, 0) is 49.6 Å². The number of benzene rings is 1. The zero-order chi connectivity index (χ0) is 14.2. The van der Waals surface area contributed by atoms with Crippen LogP contribution < -0.4 is 5.32 Å². The zero-order valence-electron chi connectivity index (χ0n) is 11.9. The summed E-state index contributed by atoms with van der Waals surface area (Å²) >= 11 is 0. The summed E-state index contributed by atoms with van der Waals surface area (Å²) < 4.78 is 0. The molecule has 0 radical (unpaired) electrons. The average Bonchev–Trinajstić information content (AvgIpc) is 2.49. The predicted octanol–water partition coefficient (Wildman–Crippen LogP) is 2.92. The second-order valence-electron chi connectivity index (χ2n) is 5.07. The fourth-order valence-corrected chi connectivity index (χ4v) is 2.27. The van der Waals surface area contributed by atoms with Crippen molar-refractivity contribution >= 4 is 0 Å². The third-order valence-corrected chi connectivity index (χ3v) is 3.32. The van der Waals surface area contributed by atoms with E-state index in [9.17, 15) is 5.11 Å². The molecule has 1 aromatic heterocycles. The Kier molecular flexibility index (Phi) is 5.71. The minimum atomic E-state index is -0.229. The molecule has 0 aliphatic heterocycles. The number of hydrogen-bond donors (Lipinski definition) is 2. The van der Waals surface area contributed by atoms with E-state index >= 15 is 0 Å². The second kappa shape index (κ2) is 7.78. The van der Waals surface area contributed by atoms with Crippen molar-refractivity contribution in [3.8, 4) is 0 Å². The quantitative estimate of drug-likeness (QED) is 0.760. The Balaban J connectivity index is 2.06. The van der Waals surface area contributed by atoms with Crippen LogP contribution in [-0.2, 0) is 0 Å². The average molecular weight is 270 g/mol. The van der Waals surface area contributed by atoms with Gasteiger partial charge in [-0.25, -0.2) is 0 Å². The number of pyridine rings is 1. The molecule has 2 unspecified atom stereocenters. The molecule has 20 heavy (non-hydrogen) atoms. The van der Waals surface area contributed by atoms with Gasteiger partial charge in [0.1, 0.15) is 0 Å². The SMILES string of the molecule is CC(O)CCCNC(c1ccccc1)c1ccncc1. The Morgan fingerprint density at radius 1 is 1.05 bits per heavy atom. The molecule has 0 spiro atoms. The van der Waals surface area contributed by atoms with Gasteiger partial charge in [0, 0.05) is 12.4 Å². The first-order chi connectivity index (χ1) is 9.77. The van der Waals surface area contributed by atoms with Gasteiger partial charge < -0.3 is 10.4 Å². The van der Waals surface area contributed by atoms with E-state index in [4.69, 9.17) is 0 Å². The molecule has 2 aromatic rings. The highest BCUT2D eigenvalue weighted by atomic mass is 16.3. The van der Waals surface area contributed by atoms with Crippen molar-refractivity contribution in [2.75, 3.05) is 6.54 Å². The molecule has 2 atom stereocenters. The Bertz CT molecular complexity index is 445. The van der Waals surface area contributed by atoms with Crippen LogP contribution in [0.5, 0.6) is 0 Å². The molecule has 0 fully saturated rings. The van der Waals surface area contributed by atoms with Crippen LogP contribution in [0.15, 0.2) is 54.9 Å². The van der Waals surface area contributed by atoms with Crippen LogP contribution in [0.2, 0.25) is 0 Å². The van der Waals surface area contributed by atoms with E-state index in [-0.39, 0.29) is 12.1 Å². The molecule has 0 aliphatic carbocycles. The number of nitrogens with one attached hydrogen (secondary N) is 1. The van der Waals surface area contributed by atoms with Gasteiger partial charge in [-0.2, -0.15) is 0 Å². The number of hydrogen-bond acceptors (Lipinski definition) is 3. The van der Waals surface area contributed by atoms with Crippen LogP contribution in [0, 0.1) is 0 Å². The van der Waals surface area contributed by atoms with Gasteiger partial charge in [0.15, 0.2) is 0 Å². The molecule has 1 heterocycles. The van der Waals surface area contributed by atoms with Crippen molar-refractivity contribution in [1.29, 1.82) is 0 Å². The highest BCUT2D eigenvalue weighted by Gasteiger charge is 2.12. The summed E-state index contributed by atoms with van der Waals surface area (Å²) in [5.41, 5.74) is 2.46. The number of aromatic nitrogens is 1. The van der Waals surface area contributed by atoms with Crippen molar-refractivity contribution in [1.82, 2.24) is 10.3 Å². The molecular weight excluding hydrogens is 248 g/mol. The third kappa shape index (κ3) is 4.44. The van der Waals surface area contributed by atoms with Gasteiger partial charge in [-0.3, -0.25) is 4.98 Å². The highest BCUT2D eigenvalue weighted by molar-refractivity contribution is 5.30. The van der Waals surface area contributed by atoms with Gasteiger partial charge in [0.25, 0.3) is 0 Å². The lowest BCUT2D eigenvalue weighted by Crippen LogP contribution is -2.24. The Labute approximate surface area is 120 Å².